The largest absolute Gasteiger partial charge is 0.340 e. The van der Waals surface area contributed by atoms with E-state index in [4.69, 9.17) is 0 Å². The highest BCUT2D eigenvalue weighted by atomic mass is 19.2. The molecule has 0 atom stereocenters. The standard InChI is InChI=1S/C20H20F3N3O2/c21-15-6-7-16(20(23)19(15)22)24-17(27)12-18(28)26-10-8-25(9-11-26)13-14-4-2-1-3-5-14/h1-7H,8-13H2,(H,24,27). The lowest BCUT2D eigenvalue weighted by atomic mass is 10.2. The van der Waals surface area contributed by atoms with E-state index < -0.39 is 35.5 Å². The molecule has 3 rings (SSSR count). The fourth-order valence-electron chi connectivity index (χ4n) is 3.06. The van der Waals surface area contributed by atoms with Crippen molar-refractivity contribution in [3.05, 3.63) is 65.5 Å². The highest BCUT2D eigenvalue weighted by Crippen LogP contribution is 2.20. The second-order valence-corrected chi connectivity index (χ2v) is 6.59. The Hall–Kier alpha value is -2.87. The average Bonchev–Trinajstić information content (AvgIpc) is 2.70. The molecule has 5 nitrogen and oxygen atoms in total. The molecular weight excluding hydrogens is 371 g/mol. The van der Waals surface area contributed by atoms with Crippen LogP contribution in [0.1, 0.15) is 12.0 Å². The van der Waals surface area contributed by atoms with Crippen molar-refractivity contribution in [1.82, 2.24) is 9.80 Å². The van der Waals surface area contributed by atoms with Crippen molar-refractivity contribution in [2.24, 2.45) is 0 Å². The fourth-order valence-corrected chi connectivity index (χ4v) is 3.06. The Bertz CT molecular complexity index is 853. The summed E-state index contributed by atoms with van der Waals surface area (Å²) < 4.78 is 39.7. The Balaban J connectivity index is 1.48. The number of hydrogen-bond acceptors (Lipinski definition) is 3. The Morgan fingerprint density at radius 1 is 0.893 bits per heavy atom. The van der Waals surface area contributed by atoms with Crippen LogP contribution in [0.3, 0.4) is 0 Å². The Kier molecular flexibility index (Phi) is 6.30. The van der Waals surface area contributed by atoms with E-state index in [1.54, 1.807) is 4.90 Å². The molecular formula is C20H20F3N3O2. The van der Waals surface area contributed by atoms with Crippen LogP contribution in [0.4, 0.5) is 18.9 Å². The van der Waals surface area contributed by atoms with Gasteiger partial charge in [0, 0.05) is 32.7 Å². The molecule has 0 bridgehead atoms. The minimum Gasteiger partial charge on any atom is -0.340 e. The third-order valence-electron chi connectivity index (χ3n) is 4.60. The first-order chi connectivity index (χ1) is 13.4. The quantitative estimate of drug-likeness (QED) is 0.630. The first kappa shape index (κ1) is 19.9. The molecule has 8 heteroatoms. The van der Waals surface area contributed by atoms with Crippen molar-refractivity contribution in [3.8, 4) is 0 Å². The summed E-state index contributed by atoms with van der Waals surface area (Å²) in [6.45, 7) is 3.12. The molecule has 1 N–H and O–H groups in total. The van der Waals surface area contributed by atoms with Crippen LogP contribution in [-0.2, 0) is 16.1 Å². The van der Waals surface area contributed by atoms with Crippen LogP contribution in [0.15, 0.2) is 42.5 Å². The van der Waals surface area contributed by atoms with Crippen molar-refractivity contribution < 1.29 is 22.8 Å². The highest BCUT2D eigenvalue weighted by Gasteiger charge is 2.23. The predicted octanol–water partition coefficient (Wildman–Crippen LogP) is 2.78. The summed E-state index contributed by atoms with van der Waals surface area (Å²) in [5.74, 6) is -5.67. The molecule has 1 aliphatic rings. The molecule has 148 valence electrons. The van der Waals surface area contributed by atoms with Crippen molar-refractivity contribution in [1.29, 1.82) is 0 Å². The summed E-state index contributed by atoms with van der Waals surface area (Å²) in [6.07, 6.45) is -0.489. The summed E-state index contributed by atoms with van der Waals surface area (Å²) >= 11 is 0. The molecule has 2 aromatic rings. The first-order valence-corrected chi connectivity index (χ1v) is 8.91. The van der Waals surface area contributed by atoms with Gasteiger partial charge in [-0.25, -0.2) is 13.2 Å². The zero-order valence-electron chi connectivity index (χ0n) is 15.1. The van der Waals surface area contributed by atoms with E-state index in [1.165, 1.54) is 5.56 Å². The van der Waals surface area contributed by atoms with Crippen LogP contribution in [0, 0.1) is 17.5 Å². The normalized spacial score (nSPS) is 14.8. The monoisotopic (exact) mass is 391 g/mol. The number of nitrogens with one attached hydrogen (secondary N) is 1. The van der Waals surface area contributed by atoms with Crippen molar-refractivity contribution >= 4 is 17.5 Å². The molecule has 2 amide bonds. The molecule has 0 saturated carbocycles. The second kappa shape index (κ2) is 8.88. The van der Waals surface area contributed by atoms with Crippen molar-refractivity contribution in [3.63, 3.8) is 0 Å². The van der Waals surface area contributed by atoms with Gasteiger partial charge in [-0.1, -0.05) is 30.3 Å². The summed E-state index contributed by atoms with van der Waals surface area (Å²) in [7, 11) is 0. The molecule has 0 radical (unpaired) electrons. The Morgan fingerprint density at radius 3 is 2.25 bits per heavy atom. The SMILES string of the molecule is O=C(CC(=O)N1CCN(Cc2ccccc2)CC1)Nc1ccc(F)c(F)c1F. The summed E-state index contributed by atoms with van der Waals surface area (Å²) in [6, 6.07) is 11.6. The number of piperazine rings is 1. The molecule has 0 unspecified atom stereocenters. The van der Waals surface area contributed by atoms with Crippen LogP contribution >= 0.6 is 0 Å². The number of hydrogen-bond donors (Lipinski definition) is 1. The maximum atomic E-state index is 13.6. The van der Waals surface area contributed by atoms with Gasteiger partial charge in [-0.2, -0.15) is 0 Å². The number of benzene rings is 2. The van der Waals surface area contributed by atoms with Crippen molar-refractivity contribution in [2.75, 3.05) is 31.5 Å². The first-order valence-electron chi connectivity index (χ1n) is 8.91. The smallest absolute Gasteiger partial charge is 0.233 e. The highest BCUT2D eigenvalue weighted by molar-refractivity contribution is 6.03. The molecule has 1 heterocycles. The van der Waals surface area contributed by atoms with E-state index in [0.717, 1.165) is 12.6 Å². The lowest BCUT2D eigenvalue weighted by Gasteiger charge is -2.34. The topological polar surface area (TPSA) is 52.7 Å². The molecule has 0 aliphatic carbocycles. The molecule has 1 saturated heterocycles. The van der Waals surface area contributed by atoms with Gasteiger partial charge in [-0.15, -0.1) is 0 Å². The van der Waals surface area contributed by atoms with Gasteiger partial charge in [0.25, 0.3) is 0 Å². The van der Waals surface area contributed by atoms with Crippen LogP contribution in [0.2, 0.25) is 0 Å². The fraction of sp³-hybridized carbons (Fsp3) is 0.300. The number of nitrogens with zero attached hydrogens (tertiary/aromatic N) is 2. The van der Waals surface area contributed by atoms with Gasteiger partial charge in [0.05, 0.1) is 5.69 Å². The van der Waals surface area contributed by atoms with E-state index in [0.29, 0.717) is 32.2 Å². The molecule has 2 aromatic carbocycles. The Labute approximate surface area is 160 Å². The summed E-state index contributed by atoms with van der Waals surface area (Å²) in [5, 5.41) is 2.11. The molecule has 0 aromatic heterocycles. The van der Waals surface area contributed by atoms with E-state index >= 15 is 0 Å². The van der Waals surface area contributed by atoms with Gasteiger partial charge in [-0.05, 0) is 17.7 Å². The van der Waals surface area contributed by atoms with Gasteiger partial charge in [0.1, 0.15) is 6.42 Å². The van der Waals surface area contributed by atoms with Crippen LogP contribution in [0.25, 0.3) is 0 Å². The van der Waals surface area contributed by atoms with Gasteiger partial charge >= 0.3 is 0 Å². The van der Waals surface area contributed by atoms with Crippen molar-refractivity contribution in [2.45, 2.75) is 13.0 Å². The van der Waals surface area contributed by atoms with Gasteiger partial charge in [0.15, 0.2) is 17.5 Å². The maximum Gasteiger partial charge on any atom is 0.233 e. The minimum absolute atomic E-state index is 0.389. The van der Waals surface area contributed by atoms with Gasteiger partial charge < -0.3 is 10.2 Å². The number of rotatable bonds is 5. The predicted molar refractivity (Wildman–Crippen MR) is 97.9 cm³/mol. The van der Waals surface area contributed by atoms with Crippen LogP contribution in [0.5, 0.6) is 0 Å². The number of anilines is 1. The Morgan fingerprint density at radius 2 is 1.57 bits per heavy atom. The van der Waals surface area contributed by atoms with Crippen LogP contribution < -0.4 is 5.32 Å². The number of carbonyl (C=O) groups excluding carboxylic acids is 2. The lowest BCUT2D eigenvalue weighted by Crippen LogP contribution is -2.48. The van der Waals surface area contributed by atoms with Gasteiger partial charge in [-0.3, -0.25) is 14.5 Å². The van der Waals surface area contributed by atoms with Gasteiger partial charge in [0.2, 0.25) is 11.8 Å². The molecule has 1 aliphatic heterocycles. The van der Waals surface area contributed by atoms with E-state index in [1.807, 2.05) is 30.3 Å². The summed E-state index contributed by atoms with van der Waals surface area (Å²) in [4.78, 5) is 28.0. The average molecular weight is 391 g/mol. The minimum atomic E-state index is -1.67. The molecule has 28 heavy (non-hydrogen) atoms. The maximum absolute atomic E-state index is 13.6. The summed E-state index contributed by atoms with van der Waals surface area (Å²) in [5.41, 5.74) is 0.694. The van der Waals surface area contributed by atoms with E-state index in [2.05, 4.69) is 10.2 Å². The zero-order valence-corrected chi connectivity index (χ0v) is 15.1. The number of amides is 2. The zero-order chi connectivity index (χ0) is 20.1. The lowest BCUT2D eigenvalue weighted by molar-refractivity contribution is -0.136. The second-order valence-electron chi connectivity index (χ2n) is 6.59. The number of carbonyl (C=O) groups is 2. The molecule has 0 spiro atoms. The number of halogens is 3. The van der Waals surface area contributed by atoms with E-state index in [9.17, 15) is 22.8 Å². The molecule has 1 fully saturated rings. The third kappa shape index (κ3) is 4.89. The van der Waals surface area contributed by atoms with E-state index in [-0.39, 0.29) is 5.91 Å². The van der Waals surface area contributed by atoms with Crippen LogP contribution in [-0.4, -0.2) is 47.8 Å². The third-order valence-corrected chi connectivity index (χ3v) is 4.60.